The first-order valence-electron chi connectivity index (χ1n) is 6.20. The van der Waals surface area contributed by atoms with E-state index in [9.17, 15) is 24.5 Å². The highest BCUT2D eigenvalue weighted by molar-refractivity contribution is 5.95. The van der Waals surface area contributed by atoms with Crippen molar-refractivity contribution in [3.63, 3.8) is 0 Å². The molecular formula is C12H13N3O6. The van der Waals surface area contributed by atoms with Crippen molar-refractivity contribution in [1.29, 1.82) is 0 Å². The second kappa shape index (κ2) is 5.35. The van der Waals surface area contributed by atoms with Crippen molar-refractivity contribution >= 4 is 17.6 Å². The fraction of sp³-hybridized carbons (Fsp3) is 0.417. The summed E-state index contributed by atoms with van der Waals surface area (Å²) in [6.07, 6.45) is 0.909. The van der Waals surface area contributed by atoms with Crippen LogP contribution in [0, 0.1) is 22.0 Å². The van der Waals surface area contributed by atoms with Crippen LogP contribution in [0.4, 0.5) is 5.69 Å². The molecule has 1 aliphatic heterocycles. The molecule has 2 atom stereocenters. The molecule has 9 nitrogen and oxygen atoms in total. The molecule has 1 saturated heterocycles. The lowest BCUT2D eigenvalue weighted by atomic mass is 9.99. The predicted octanol–water partition coefficient (Wildman–Crippen LogP) is 0.0758. The van der Waals surface area contributed by atoms with E-state index in [2.05, 4.69) is 4.98 Å². The number of amides is 1. The summed E-state index contributed by atoms with van der Waals surface area (Å²) < 4.78 is 0. The van der Waals surface area contributed by atoms with E-state index in [4.69, 9.17) is 5.11 Å². The molecule has 1 aromatic heterocycles. The van der Waals surface area contributed by atoms with Crippen LogP contribution in [0.1, 0.15) is 17.3 Å². The quantitative estimate of drug-likeness (QED) is 0.599. The Labute approximate surface area is 118 Å². The predicted molar refractivity (Wildman–Crippen MR) is 69.9 cm³/mol. The zero-order chi connectivity index (χ0) is 15.7. The Kier molecular flexibility index (Phi) is 3.74. The van der Waals surface area contributed by atoms with E-state index in [1.165, 1.54) is 4.90 Å². The van der Waals surface area contributed by atoms with Crippen molar-refractivity contribution in [2.24, 2.45) is 11.8 Å². The topological polar surface area (TPSA) is 134 Å². The molecule has 2 rings (SSSR count). The van der Waals surface area contributed by atoms with E-state index in [1.807, 2.05) is 0 Å². The van der Waals surface area contributed by atoms with Gasteiger partial charge in [0.25, 0.3) is 17.2 Å². The Bertz CT molecular complexity index is 667. The molecule has 0 spiro atoms. The minimum Gasteiger partial charge on any atom is -0.481 e. The lowest BCUT2D eigenvalue weighted by molar-refractivity contribution is -0.385. The van der Waals surface area contributed by atoms with Crippen molar-refractivity contribution in [3.8, 4) is 0 Å². The number of nitrogens with one attached hydrogen (secondary N) is 1. The van der Waals surface area contributed by atoms with E-state index in [-0.39, 0.29) is 24.6 Å². The van der Waals surface area contributed by atoms with Crippen LogP contribution in [0.3, 0.4) is 0 Å². The highest BCUT2D eigenvalue weighted by Gasteiger charge is 2.38. The van der Waals surface area contributed by atoms with Gasteiger partial charge in [-0.2, -0.15) is 0 Å². The summed E-state index contributed by atoms with van der Waals surface area (Å²) in [6.45, 7) is 1.87. The van der Waals surface area contributed by atoms with Gasteiger partial charge in [-0.05, 0) is 5.92 Å². The van der Waals surface area contributed by atoms with Crippen LogP contribution in [-0.4, -0.2) is 44.9 Å². The number of H-pyrrole nitrogens is 1. The zero-order valence-corrected chi connectivity index (χ0v) is 11.1. The molecule has 2 heterocycles. The van der Waals surface area contributed by atoms with Crippen molar-refractivity contribution in [2.45, 2.75) is 6.92 Å². The van der Waals surface area contributed by atoms with E-state index < -0.39 is 34.0 Å². The van der Waals surface area contributed by atoms with Gasteiger partial charge in [-0.3, -0.25) is 24.5 Å². The normalized spacial score (nSPS) is 21.3. The van der Waals surface area contributed by atoms with Gasteiger partial charge in [0, 0.05) is 19.2 Å². The number of aliphatic carboxylic acids is 1. The molecule has 0 saturated carbocycles. The van der Waals surface area contributed by atoms with Gasteiger partial charge in [0.05, 0.1) is 17.0 Å². The van der Waals surface area contributed by atoms with Crippen molar-refractivity contribution in [1.82, 2.24) is 9.88 Å². The van der Waals surface area contributed by atoms with Crippen LogP contribution >= 0.6 is 0 Å². The maximum Gasteiger partial charge on any atom is 0.308 e. The summed E-state index contributed by atoms with van der Waals surface area (Å²) >= 11 is 0. The van der Waals surface area contributed by atoms with E-state index in [0.29, 0.717) is 0 Å². The van der Waals surface area contributed by atoms with Crippen molar-refractivity contribution in [2.75, 3.05) is 13.1 Å². The number of carboxylic acids is 1. The number of aromatic amines is 1. The summed E-state index contributed by atoms with van der Waals surface area (Å²) in [7, 11) is 0. The zero-order valence-electron chi connectivity index (χ0n) is 11.1. The Morgan fingerprint density at radius 2 is 2.14 bits per heavy atom. The van der Waals surface area contributed by atoms with Crippen LogP contribution in [-0.2, 0) is 4.79 Å². The summed E-state index contributed by atoms with van der Waals surface area (Å²) in [6, 6.07) is 0.903. The van der Waals surface area contributed by atoms with Crippen LogP contribution < -0.4 is 5.56 Å². The minimum atomic E-state index is -1.01. The van der Waals surface area contributed by atoms with Crippen molar-refractivity contribution in [3.05, 3.63) is 38.3 Å². The summed E-state index contributed by atoms with van der Waals surface area (Å²) in [5.41, 5.74) is -1.50. The van der Waals surface area contributed by atoms with Crippen LogP contribution in [0.5, 0.6) is 0 Å². The summed E-state index contributed by atoms with van der Waals surface area (Å²) in [5, 5.41) is 19.7. The number of likely N-dealkylation sites (tertiary alicyclic amines) is 1. The van der Waals surface area contributed by atoms with E-state index in [0.717, 1.165) is 12.3 Å². The maximum atomic E-state index is 12.2. The van der Waals surface area contributed by atoms with Gasteiger partial charge in [0.1, 0.15) is 5.56 Å². The average Bonchev–Trinajstić information content (AvgIpc) is 2.80. The van der Waals surface area contributed by atoms with Gasteiger partial charge in [-0.15, -0.1) is 0 Å². The molecule has 1 aromatic rings. The molecule has 2 N–H and O–H groups in total. The van der Waals surface area contributed by atoms with Crippen LogP contribution in [0.25, 0.3) is 0 Å². The van der Waals surface area contributed by atoms with Gasteiger partial charge in [-0.25, -0.2) is 0 Å². The molecule has 0 aromatic carbocycles. The lowest BCUT2D eigenvalue weighted by Gasteiger charge is -2.15. The second-order valence-corrected chi connectivity index (χ2v) is 4.99. The third-order valence-electron chi connectivity index (χ3n) is 3.55. The number of carbonyl (C=O) groups is 2. The number of carbonyl (C=O) groups excluding carboxylic acids is 1. The monoisotopic (exact) mass is 295 g/mol. The third-order valence-corrected chi connectivity index (χ3v) is 3.55. The van der Waals surface area contributed by atoms with Crippen molar-refractivity contribution < 1.29 is 19.6 Å². The Morgan fingerprint density at radius 3 is 2.67 bits per heavy atom. The van der Waals surface area contributed by atoms with Crippen LogP contribution in [0.2, 0.25) is 0 Å². The molecule has 21 heavy (non-hydrogen) atoms. The third kappa shape index (κ3) is 2.76. The molecule has 2 unspecified atom stereocenters. The highest BCUT2D eigenvalue weighted by Crippen LogP contribution is 2.24. The number of aromatic nitrogens is 1. The molecule has 0 radical (unpaired) electrons. The first-order valence-corrected chi connectivity index (χ1v) is 6.20. The Balaban J connectivity index is 2.29. The Morgan fingerprint density at radius 1 is 1.48 bits per heavy atom. The van der Waals surface area contributed by atoms with Crippen LogP contribution in [0.15, 0.2) is 17.1 Å². The lowest BCUT2D eigenvalue weighted by Crippen LogP contribution is -2.33. The SMILES string of the molecule is CC1CN(C(=O)c2cc([N+](=O)[O-])c[nH]c2=O)CC1C(=O)O. The van der Waals surface area contributed by atoms with Gasteiger partial charge in [-0.1, -0.05) is 6.92 Å². The number of hydrogen-bond donors (Lipinski definition) is 2. The number of pyridine rings is 1. The van der Waals surface area contributed by atoms with Gasteiger partial charge < -0.3 is 15.0 Å². The summed E-state index contributed by atoms with van der Waals surface area (Å²) in [4.78, 5) is 48.3. The van der Waals surface area contributed by atoms with Gasteiger partial charge in [0.15, 0.2) is 0 Å². The average molecular weight is 295 g/mol. The molecule has 112 valence electrons. The van der Waals surface area contributed by atoms with Gasteiger partial charge in [0.2, 0.25) is 0 Å². The standard InChI is InChI=1S/C12H13N3O6/c1-6-4-14(5-9(6)12(18)19)11(17)8-2-7(15(20)21)3-13-10(8)16/h2-3,6,9H,4-5H2,1H3,(H,13,16)(H,18,19). The second-order valence-electron chi connectivity index (χ2n) is 4.99. The molecule has 0 aliphatic carbocycles. The van der Waals surface area contributed by atoms with E-state index in [1.54, 1.807) is 6.92 Å². The molecular weight excluding hydrogens is 282 g/mol. The highest BCUT2D eigenvalue weighted by atomic mass is 16.6. The molecule has 0 bridgehead atoms. The maximum absolute atomic E-state index is 12.2. The largest absolute Gasteiger partial charge is 0.481 e. The number of nitrogens with zero attached hydrogens (tertiary/aromatic N) is 2. The molecule has 1 aliphatic rings. The Hall–Kier alpha value is -2.71. The molecule has 1 fully saturated rings. The fourth-order valence-electron chi connectivity index (χ4n) is 2.36. The first-order chi connectivity index (χ1) is 9.81. The number of carboxylic acid groups (broad SMARTS) is 1. The van der Waals surface area contributed by atoms with Gasteiger partial charge >= 0.3 is 5.97 Å². The fourth-order valence-corrected chi connectivity index (χ4v) is 2.36. The first kappa shape index (κ1) is 14.7. The summed E-state index contributed by atoms with van der Waals surface area (Å²) in [5.74, 6) is -2.66. The smallest absolute Gasteiger partial charge is 0.308 e. The van der Waals surface area contributed by atoms with E-state index >= 15 is 0 Å². The number of rotatable bonds is 3. The minimum absolute atomic E-state index is 0.0164. The number of nitro groups is 1. The molecule has 9 heteroatoms. The molecule has 1 amide bonds. The number of hydrogen-bond acceptors (Lipinski definition) is 5.